The van der Waals surface area contributed by atoms with Crippen LogP contribution in [0.4, 0.5) is 8.78 Å². The minimum atomic E-state index is -2.86. The average Bonchev–Trinajstić information content (AvgIpc) is 2.56. The fourth-order valence-corrected chi connectivity index (χ4v) is 2.58. The van der Waals surface area contributed by atoms with Crippen LogP contribution in [-0.2, 0) is 4.79 Å². The molecule has 2 heterocycles. The van der Waals surface area contributed by atoms with E-state index in [1.165, 1.54) is 6.20 Å². The Bertz CT molecular complexity index is 647. The van der Waals surface area contributed by atoms with Gasteiger partial charge in [-0.2, -0.15) is 8.78 Å². The van der Waals surface area contributed by atoms with Gasteiger partial charge in [0.25, 0.3) is 0 Å². The second-order valence-corrected chi connectivity index (χ2v) is 5.78. The Labute approximate surface area is 139 Å². The van der Waals surface area contributed by atoms with Crippen molar-refractivity contribution in [1.82, 2.24) is 15.6 Å². The van der Waals surface area contributed by atoms with E-state index in [1.54, 1.807) is 19.1 Å². The maximum Gasteiger partial charge on any atom is 0.313 e. The van der Waals surface area contributed by atoms with E-state index in [-0.39, 0.29) is 35.0 Å². The number of aromatic nitrogens is 1. The van der Waals surface area contributed by atoms with Crippen molar-refractivity contribution in [1.29, 1.82) is 5.41 Å². The third-order valence-corrected chi connectivity index (χ3v) is 3.99. The maximum absolute atomic E-state index is 12.9. The summed E-state index contributed by atoms with van der Waals surface area (Å²) in [5, 5.41) is 12.0. The van der Waals surface area contributed by atoms with E-state index in [2.05, 4.69) is 10.3 Å². The molecule has 8 heteroatoms. The Morgan fingerprint density at radius 3 is 2.92 bits per heavy atom. The molecule has 6 nitrogen and oxygen atoms in total. The quantitative estimate of drug-likeness (QED) is 0.501. The van der Waals surface area contributed by atoms with Gasteiger partial charge < -0.3 is 21.8 Å². The van der Waals surface area contributed by atoms with Gasteiger partial charge in [-0.15, -0.1) is 0 Å². The molecule has 5 N–H and O–H groups in total. The second-order valence-electron chi connectivity index (χ2n) is 5.78. The van der Waals surface area contributed by atoms with E-state index in [4.69, 9.17) is 11.1 Å². The molecule has 1 amide bonds. The Morgan fingerprint density at radius 1 is 1.50 bits per heavy atom. The summed E-state index contributed by atoms with van der Waals surface area (Å²) in [5.41, 5.74) is 6.98. The molecule has 0 aromatic carbocycles. The highest BCUT2D eigenvalue weighted by molar-refractivity contribution is 5.94. The van der Waals surface area contributed by atoms with Crippen LogP contribution in [0.2, 0.25) is 0 Å². The predicted molar refractivity (Wildman–Crippen MR) is 87.2 cm³/mol. The fourth-order valence-electron chi connectivity index (χ4n) is 2.58. The van der Waals surface area contributed by atoms with Crippen LogP contribution in [0.3, 0.4) is 0 Å². The Kier molecular flexibility index (Phi) is 5.97. The van der Waals surface area contributed by atoms with Crippen molar-refractivity contribution in [3.8, 4) is 0 Å². The predicted octanol–water partition coefficient (Wildman–Crippen LogP) is 2.15. The largest absolute Gasteiger partial charge is 0.326 e. The summed E-state index contributed by atoms with van der Waals surface area (Å²) < 4.78 is 25.8. The van der Waals surface area contributed by atoms with Gasteiger partial charge in [0, 0.05) is 24.4 Å². The molecule has 2 bridgehead atoms. The Morgan fingerprint density at radius 2 is 2.25 bits per heavy atom. The lowest BCUT2D eigenvalue weighted by molar-refractivity contribution is -0.123. The SMILES string of the molecule is CC1CCCC(N)c2ccnc(c2)/C(NC(F)F)=C(/C=N)NC1=O. The molecule has 0 aliphatic carbocycles. The van der Waals surface area contributed by atoms with Gasteiger partial charge >= 0.3 is 6.55 Å². The maximum atomic E-state index is 12.9. The average molecular weight is 337 g/mol. The highest BCUT2D eigenvalue weighted by atomic mass is 19.3. The summed E-state index contributed by atoms with van der Waals surface area (Å²) in [7, 11) is 0. The van der Waals surface area contributed by atoms with Crippen LogP contribution in [0.15, 0.2) is 24.0 Å². The van der Waals surface area contributed by atoms with Crippen molar-refractivity contribution < 1.29 is 13.6 Å². The van der Waals surface area contributed by atoms with E-state index in [1.807, 2.05) is 5.32 Å². The van der Waals surface area contributed by atoms with Crippen molar-refractivity contribution in [3.63, 3.8) is 0 Å². The number of nitrogens with two attached hydrogens (primary N) is 1. The molecular formula is C16H21F2N5O. The van der Waals surface area contributed by atoms with Gasteiger partial charge in [0.15, 0.2) is 0 Å². The number of nitrogens with zero attached hydrogens (tertiary/aromatic N) is 1. The molecule has 24 heavy (non-hydrogen) atoms. The zero-order valence-corrected chi connectivity index (χ0v) is 13.4. The number of hydrogen-bond donors (Lipinski definition) is 4. The molecule has 1 aliphatic heterocycles. The number of fused-ring (bicyclic) bond motifs is 2. The molecule has 0 spiro atoms. The normalized spacial score (nSPS) is 25.5. The lowest BCUT2D eigenvalue weighted by Gasteiger charge is -2.20. The fraction of sp³-hybridized carbons (Fsp3) is 0.438. The van der Waals surface area contributed by atoms with Crippen LogP contribution in [0.5, 0.6) is 0 Å². The molecular weight excluding hydrogens is 316 g/mol. The molecule has 0 saturated carbocycles. The van der Waals surface area contributed by atoms with Crippen LogP contribution >= 0.6 is 0 Å². The zero-order chi connectivity index (χ0) is 17.7. The monoisotopic (exact) mass is 337 g/mol. The lowest BCUT2D eigenvalue weighted by Crippen LogP contribution is -2.33. The summed E-state index contributed by atoms with van der Waals surface area (Å²) in [6.07, 6.45) is 4.38. The molecule has 2 rings (SSSR count). The van der Waals surface area contributed by atoms with Crippen molar-refractivity contribution in [2.45, 2.75) is 38.8 Å². The zero-order valence-electron chi connectivity index (χ0n) is 13.4. The van der Waals surface area contributed by atoms with E-state index >= 15 is 0 Å². The van der Waals surface area contributed by atoms with E-state index < -0.39 is 6.55 Å². The molecule has 2 atom stereocenters. The van der Waals surface area contributed by atoms with Gasteiger partial charge in [0.05, 0.1) is 17.1 Å². The summed E-state index contributed by atoms with van der Waals surface area (Å²) in [6, 6.07) is 3.08. The number of hydrogen-bond acceptors (Lipinski definition) is 5. The number of carbonyl (C=O) groups is 1. The molecule has 1 aliphatic rings. The number of alkyl halides is 2. The van der Waals surface area contributed by atoms with Gasteiger partial charge in [-0.3, -0.25) is 9.78 Å². The van der Waals surface area contributed by atoms with E-state index in [9.17, 15) is 13.6 Å². The second kappa shape index (κ2) is 7.96. The highest BCUT2D eigenvalue weighted by Crippen LogP contribution is 2.23. The Balaban J connectivity index is 2.56. The highest BCUT2D eigenvalue weighted by Gasteiger charge is 2.21. The number of carbonyl (C=O) groups excluding carboxylic acids is 1. The molecule has 0 radical (unpaired) electrons. The number of amides is 1. The lowest BCUT2D eigenvalue weighted by atomic mass is 9.96. The Hall–Kier alpha value is -2.35. The number of allylic oxidation sites excluding steroid dienone is 1. The number of rotatable bonds is 3. The van der Waals surface area contributed by atoms with Gasteiger partial charge in [-0.05, 0) is 30.5 Å². The summed E-state index contributed by atoms with van der Waals surface area (Å²) >= 11 is 0. The van der Waals surface area contributed by atoms with Gasteiger partial charge in [-0.25, -0.2) is 0 Å². The molecule has 2 unspecified atom stereocenters. The van der Waals surface area contributed by atoms with Crippen molar-refractivity contribution >= 4 is 17.8 Å². The molecule has 1 aromatic rings. The summed E-state index contributed by atoms with van der Waals surface area (Å²) in [4.78, 5) is 16.3. The van der Waals surface area contributed by atoms with Crippen LogP contribution in [0.1, 0.15) is 43.5 Å². The van der Waals surface area contributed by atoms with Crippen molar-refractivity contribution in [2.24, 2.45) is 11.7 Å². The first-order valence-corrected chi connectivity index (χ1v) is 7.74. The number of nitrogens with one attached hydrogen (secondary N) is 3. The topological polar surface area (TPSA) is 104 Å². The summed E-state index contributed by atoms with van der Waals surface area (Å²) in [6.45, 7) is -1.11. The smallest absolute Gasteiger partial charge is 0.313 e. The van der Waals surface area contributed by atoms with Crippen LogP contribution in [0.25, 0.3) is 5.70 Å². The minimum absolute atomic E-state index is 0.0501. The minimum Gasteiger partial charge on any atom is -0.326 e. The van der Waals surface area contributed by atoms with Crippen molar-refractivity contribution in [3.05, 3.63) is 35.3 Å². The standard InChI is InChI=1S/C16H21F2N5O/c1-9-3-2-4-11(20)10-5-6-21-12(7-10)14(23-16(17)18)13(8-19)22-15(9)24/h5-9,11,16,19,23H,2-4,20H2,1H3,(H,22,24)/b14-13+,19-8?. The molecule has 0 saturated heterocycles. The molecule has 0 fully saturated rings. The van der Waals surface area contributed by atoms with E-state index in [0.29, 0.717) is 12.8 Å². The first-order chi connectivity index (χ1) is 11.4. The van der Waals surface area contributed by atoms with Gasteiger partial charge in [0.2, 0.25) is 5.91 Å². The third kappa shape index (κ3) is 4.35. The number of halogens is 2. The van der Waals surface area contributed by atoms with Crippen molar-refractivity contribution in [2.75, 3.05) is 0 Å². The van der Waals surface area contributed by atoms with Crippen LogP contribution in [0, 0.1) is 11.3 Å². The number of pyridine rings is 1. The first-order valence-electron chi connectivity index (χ1n) is 7.74. The van der Waals surface area contributed by atoms with Gasteiger partial charge in [-0.1, -0.05) is 13.3 Å². The van der Waals surface area contributed by atoms with Crippen LogP contribution < -0.4 is 16.4 Å². The molecule has 1 aromatic heterocycles. The van der Waals surface area contributed by atoms with Crippen LogP contribution in [-0.4, -0.2) is 23.7 Å². The summed E-state index contributed by atoms with van der Waals surface area (Å²) in [5.74, 6) is -0.641. The van der Waals surface area contributed by atoms with Gasteiger partial charge in [0.1, 0.15) is 0 Å². The molecule has 130 valence electrons. The van der Waals surface area contributed by atoms with E-state index in [0.717, 1.165) is 18.2 Å². The first kappa shape index (κ1) is 18.0. The third-order valence-electron chi connectivity index (χ3n) is 3.99.